The molecule has 0 radical (unpaired) electrons. The quantitative estimate of drug-likeness (QED) is 0.752. The van der Waals surface area contributed by atoms with E-state index in [0.29, 0.717) is 34.1 Å². The van der Waals surface area contributed by atoms with E-state index in [1.807, 2.05) is 12.1 Å². The van der Waals surface area contributed by atoms with Crippen molar-refractivity contribution in [3.63, 3.8) is 0 Å². The number of carbonyl (C=O) groups excluding carboxylic acids is 1. The lowest BCUT2D eigenvalue weighted by molar-refractivity contribution is 0.111. The second-order valence-electron chi connectivity index (χ2n) is 4.31. The van der Waals surface area contributed by atoms with Crippen molar-refractivity contribution < 1.29 is 9.53 Å². The fourth-order valence-corrected chi connectivity index (χ4v) is 2.08. The van der Waals surface area contributed by atoms with Crippen molar-refractivity contribution in [2.24, 2.45) is 0 Å². The van der Waals surface area contributed by atoms with Gasteiger partial charge < -0.3 is 9.72 Å². The molecule has 21 heavy (non-hydrogen) atoms. The molecule has 0 amide bonds. The van der Waals surface area contributed by atoms with E-state index in [-0.39, 0.29) is 0 Å². The van der Waals surface area contributed by atoms with Gasteiger partial charge >= 0.3 is 0 Å². The molecule has 0 saturated heterocycles. The largest absolute Gasteiger partial charge is 0.494 e. The van der Waals surface area contributed by atoms with Crippen LogP contribution < -0.4 is 4.74 Å². The highest BCUT2D eigenvalue weighted by atomic mass is 35.5. The average molecular weight is 303 g/mol. The third-order valence-corrected chi connectivity index (χ3v) is 3.26. The molecule has 1 N–H and O–H groups in total. The molecule has 0 atom stereocenters. The fraction of sp³-hybridized carbons (Fsp3) is 0.0714. The van der Waals surface area contributed by atoms with Crippen LogP contribution in [0.4, 0.5) is 0 Å². The maximum Gasteiger partial charge on any atom is 0.170 e. The molecule has 3 aromatic rings. The second-order valence-corrected chi connectivity index (χ2v) is 4.74. The van der Waals surface area contributed by atoms with Crippen LogP contribution >= 0.6 is 11.6 Å². The number of aromatic nitrogens is 4. The van der Waals surface area contributed by atoms with Crippen molar-refractivity contribution in [1.29, 1.82) is 0 Å². The third kappa shape index (κ3) is 2.53. The maximum absolute atomic E-state index is 10.9. The summed E-state index contributed by atoms with van der Waals surface area (Å²) in [7, 11) is 1.50. The number of aldehydes is 1. The molecule has 0 unspecified atom stereocenters. The van der Waals surface area contributed by atoms with Gasteiger partial charge in [-0.1, -0.05) is 16.8 Å². The smallest absolute Gasteiger partial charge is 0.170 e. The van der Waals surface area contributed by atoms with Crippen LogP contribution in [0, 0.1) is 0 Å². The fourth-order valence-electron chi connectivity index (χ4n) is 1.95. The minimum absolute atomic E-state index is 0.369. The van der Waals surface area contributed by atoms with E-state index in [4.69, 9.17) is 16.3 Å². The minimum Gasteiger partial charge on any atom is -0.494 e. The summed E-state index contributed by atoms with van der Waals surface area (Å²) >= 11 is 5.86. The van der Waals surface area contributed by atoms with E-state index in [9.17, 15) is 4.79 Å². The van der Waals surface area contributed by atoms with Crippen LogP contribution in [0.25, 0.3) is 17.1 Å². The summed E-state index contributed by atoms with van der Waals surface area (Å²) in [6.45, 7) is 0. The predicted octanol–water partition coefficient (Wildman–Crippen LogP) is 2.74. The lowest BCUT2D eigenvalue weighted by atomic mass is 10.3. The molecule has 0 aliphatic rings. The summed E-state index contributed by atoms with van der Waals surface area (Å²) < 4.78 is 6.74. The number of benzene rings is 1. The van der Waals surface area contributed by atoms with Crippen LogP contribution in [0.3, 0.4) is 0 Å². The van der Waals surface area contributed by atoms with Crippen molar-refractivity contribution in [3.8, 4) is 22.8 Å². The van der Waals surface area contributed by atoms with Crippen LogP contribution in [-0.4, -0.2) is 33.4 Å². The van der Waals surface area contributed by atoms with Crippen molar-refractivity contribution >= 4 is 17.9 Å². The van der Waals surface area contributed by atoms with Gasteiger partial charge in [0.25, 0.3) is 0 Å². The first-order chi connectivity index (χ1) is 10.2. The van der Waals surface area contributed by atoms with Gasteiger partial charge in [0.2, 0.25) is 0 Å². The van der Waals surface area contributed by atoms with Crippen LogP contribution in [-0.2, 0) is 0 Å². The monoisotopic (exact) mass is 302 g/mol. The van der Waals surface area contributed by atoms with Gasteiger partial charge in [0.1, 0.15) is 17.1 Å². The van der Waals surface area contributed by atoms with E-state index in [1.54, 1.807) is 29.1 Å². The van der Waals surface area contributed by atoms with Crippen LogP contribution in [0.1, 0.15) is 10.5 Å². The molecular weight excluding hydrogens is 292 g/mol. The number of ether oxygens (including phenoxy) is 1. The van der Waals surface area contributed by atoms with Crippen LogP contribution in [0.15, 0.2) is 36.5 Å². The topological polar surface area (TPSA) is 72.8 Å². The van der Waals surface area contributed by atoms with Crippen molar-refractivity contribution in [1.82, 2.24) is 20.0 Å². The highest BCUT2D eigenvalue weighted by Crippen LogP contribution is 2.25. The van der Waals surface area contributed by atoms with E-state index in [0.717, 1.165) is 5.69 Å². The SMILES string of the molecule is COc1cc(-c2cn(-c3ccc(Cl)cc3)nn2)[nH]c1C=O. The van der Waals surface area contributed by atoms with E-state index in [1.165, 1.54) is 7.11 Å². The Hall–Kier alpha value is -2.60. The summed E-state index contributed by atoms with van der Waals surface area (Å²) in [5, 5.41) is 8.80. The van der Waals surface area contributed by atoms with Gasteiger partial charge in [0, 0.05) is 11.1 Å². The molecule has 2 aromatic heterocycles. The van der Waals surface area contributed by atoms with Gasteiger partial charge in [0.15, 0.2) is 6.29 Å². The molecule has 0 saturated carbocycles. The van der Waals surface area contributed by atoms with Crippen molar-refractivity contribution in [2.45, 2.75) is 0 Å². The Balaban J connectivity index is 1.96. The average Bonchev–Trinajstić information content (AvgIpc) is 3.14. The Morgan fingerprint density at radius 3 is 2.71 bits per heavy atom. The third-order valence-electron chi connectivity index (χ3n) is 3.01. The number of nitrogens with one attached hydrogen (secondary N) is 1. The van der Waals surface area contributed by atoms with Gasteiger partial charge in [-0.15, -0.1) is 5.10 Å². The Bertz CT molecular complexity index is 777. The van der Waals surface area contributed by atoms with E-state index in [2.05, 4.69) is 15.3 Å². The van der Waals surface area contributed by atoms with E-state index < -0.39 is 0 Å². The molecule has 6 nitrogen and oxygen atoms in total. The second kappa shape index (κ2) is 5.41. The summed E-state index contributed by atoms with van der Waals surface area (Å²) in [5.41, 5.74) is 2.48. The van der Waals surface area contributed by atoms with Crippen LogP contribution in [0.2, 0.25) is 5.02 Å². The molecule has 106 valence electrons. The number of hydrogen-bond donors (Lipinski definition) is 1. The van der Waals surface area contributed by atoms with Gasteiger partial charge in [0.05, 0.1) is 24.7 Å². The number of H-pyrrole nitrogens is 1. The molecule has 0 bridgehead atoms. The number of carbonyl (C=O) groups is 1. The number of rotatable bonds is 4. The number of aromatic amines is 1. The molecular formula is C14H11ClN4O2. The number of halogens is 1. The Morgan fingerprint density at radius 2 is 2.10 bits per heavy atom. The molecule has 3 rings (SSSR count). The normalized spacial score (nSPS) is 10.6. The number of methoxy groups -OCH3 is 1. The van der Waals surface area contributed by atoms with Crippen molar-refractivity contribution in [2.75, 3.05) is 7.11 Å². The van der Waals surface area contributed by atoms with Gasteiger partial charge in [-0.05, 0) is 24.3 Å². The highest BCUT2D eigenvalue weighted by Gasteiger charge is 2.12. The van der Waals surface area contributed by atoms with E-state index >= 15 is 0 Å². The molecule has 0 aliphatic heterocycles. The Kier molecular flexibility index (Phi) is 3.45. The molecule has 1 aromatic carbocycles. The Labute approximate surface area is 125 Å². The number of nitrogens with zero attached hydrogens (tertiary/aromatic N) is 3. The minimum atomic E-state index is 0.369. The summed E-state index contributed by atoms with van der Waals surface area (Å²) in [4.78, 5) is 13.9. The predicted molar refractivity (Wildman–Crippen MR) is 78.1 cm³/mol. The number of hydrogen-bond acceptors (Lipinski definition) is 4. The first kappa shape index (κ1) is 13.4. The molecule has 7 heteroatoms. The molecule has 0 fully saturated rings. The lowest BCUT2D eigenvalue weighted by Crippen LogP contribution is -1.93. The summed E-state index contributed by atoms with van der Waals surface area (Å²) in [6.07, 6.45) is 2.45. The standard InChI is InChI=1S/C14H11ClN4O2/c1-21-14-6-11(16-13(14)8-20)12-7-19(18-17-12)10-4-2-9(15)3-5-10/h2-8,16H,1H3. The Morgan fingerprint density at radius 1 is 1.33 bits per heavy atom. The zero-order valence-electron chi connectivity index (χ0n) is 11.1. The van der Waals surface area contributed by atoms with Gasteiger partial charge in [-0.2, -0.15) is 0 Å². The first-order valence-electron chi connectivity index (χ1n) is 6.12. The zero-order chi connectivity index (χ0) is 14.8. The highest BCUT2D eigenvalue weighted by molar-refractivity contribution is 6.30. The molecule has 0 aliphatic carbocycles. The first-order valence-corrected chi connectivity index (χ1v) is 6.50. The summed E-state index contributed by atoms with van der Waals surface area (Å²) in [6, 6.07) is 8.95. The van der Waals surface area contributed by atoms with Crippen molar-refractivity contribution in [3.05, 3.63) is 47.2 Å². The van der Waals surface area contributed by atoms with Gasteiger partial charge in [-0.25, -0.2) is 4.68 Å². The lowest BCUT2D eigenvalue weighted by Gasteiger charge is -1.98. The van der Waals surface area contributed by atoms with Crippen LogP contribution in [0.5, 0.6) is 5.75 Å². The zero-order valence-corrected chi connectivity index (χ0v) is 11.8. The maximum atomic E-state index is 10.9. The molecule has 0 spiro atoms. The summed E-state index contributed by atoms with van der Waals surface area (Å²) in [5.74, 6) is 0.473. The molecule has 2 heterocycles. The van der Waals surface area contributed by atoms with Gasteiger partial charge in [-0.3, -0.25) is 4.79 Å².